The van der Waals surface area contributed by atoms with Crippen molar-refractivity contribution in [1.29, 1.82) is 0 Å². The summed E-state index contributed by atoms with van der Waals surface area (Å²) in [5.74, 6) is -0.309. The summed E-state index contributed by atoms with van der Waals surface area (Å²) in [4.78, 5) is 28.8. The second-order valence-corrected chi connectivity index (χ2v) is 8.36. The van der Waals surface area contributed by atoms with Crippen molar-refractivity contribution in [2.24, 2.45) is 0 Å². The number of benzene rings is 1. The summed E-state index contributed by atoms with van der Waals surface area (Å²) < 4.78 is 5.56. The van der Waals surface area contributed by atoms with E-state index in [0.29, 0.717) is 17.4 Å². The van der Waals surface area contributed by atoms with Crippen LogP contribution in [0, 0.1) is 6.92 Å². The monoisotopic (exact) mass is 429 g/mol. The van der Waals surface area contributed by atoms with Gasteiger partial charge in [-0.05, 0) is 83.3 Å². The Kier molecular flexibility index (Phi) is 7.59. The number of nitrogens with zero attached hydrogens (tertiary/aromatic N) is 2. The third-order valence-corrected chi connectivity index (χ3v) is 6.24. The lowest BCUT2D eigenvalue weighted by Gasteiger charge is -2.27. The predicted molar refractivity (Wildman–Crippen MR) is 125 cm³/mol. The molecule has 2 N–H and O–H groups in total. The fourth-order valence-corrected chi connectivity index (χ4v) is 4.57. The SMILES string of the molecule is CCN(CC)c1cc(CCCN2CCCCC2)c(O)c2oc(=O)c(NC(C)=O)c(C)c12. The quantitative estimate of drug-likeness (QED) is 0.616. The number of hydrogen-bond acceptors (Lipinski definition) is 6. The zero-order chi connectivity index (χ0) is 22.5. The average Bonchev–Trinajstić information content (AvgIpc) is 2.75. The molecule has 0 saturated carbocycles. The van der Waals surface area contributed by atoms with Gasteiger partial charge in [-0.15, -0.1) is 0 Å². The summed E-state index contributed by atoms with van der Waals surface area (Å²) in [5, 5.41) is 14.3. The maximum Gasteiger partial charge on any atom is 0.360 e. The molecule has 0 radical (unpaired) electrons. The fourth-order valence-electron chi connectivity index (χ4n) is 4.57. The van der Waals surface area contributed by atoms with Crippen LogP contribution in [0.15, 0.2) is 15.3 Å². The molecule has 1 fully saturated rings. The zero-order valence-electron chi connectivity index (χ0n) is 19.2. The highest BCUT2D eigenvalue weighted by Gasteiger charge is 2.22. The van der Waals surface area contributed by atoms with Crippen LogP contribution in [0.1, 0.15) is 57.6 Å². The predicted octanol–water partition coefficient (Wildman–Crippen LogP) is 4.03. The first-order valence-electron chi connectivity index (χ1n) is 11.4. The number of aryl methyl sites for hydroxylation is 2. The molecule has 2 heterocycles. The van der Waals surface area contributed by atoms with Crippen molar-refractivity contribution >= 4 is 28.3 Å². The molecule has 7 nitrogen and oxygen atoms in total. The first kappa shape index (κ1) is 23.1. The van der Waals surface area contributed by atoms with E-state index in [1.165, 1.54) is 26.2 Å². The van der Waals surface area contributed by atoms with Crippen molar-refractivity contribution in [2.45, 2.75) is 59.8 Å². The van der Waals surface area contributed by atoms with Crippen LogP contribution in [0.25, 0.3) is 11.0 Å². The lowest BCUT2D eigenvalue weighted by Crippen LogP contribution is -2.30. The largest absolute Gasteiger partial charge is 0.504 e. The average molecular weight is 430 g/mol. The molecule has 1 aromatic heterocycles. The standard InChI is InChI=1S/C24H35N3O4/c1-5-27(6-2)19-15-18(11-10-14-26-12-8-7-9-13-26)22(29)23-20(19)16(3)21(24(30)31-23)25-17(4)28/h15,29H,5-14H2,1-4H3,(H,25,28). The van der Waals surface area contributed by atoms with Crippen LogP contribution in [-0.4, -0.2) is 48.6 Å². The van der Waals surface area contributed by atoms with Gasteiger partial charge < -0.3 is 24.6 Å². The van der Waals surface area contributed by atoms with E-state index in [0.717, 1.165) is 50.4 Å². The van der Waals surface area contributed by atoms with Gasteiger partial charge in [0.15, 0.2) is 11.3 Å². The Morgan fingerprint density at radius 2 is 1.90 bits per heavy atom. The smallest absolute Gasteiger partial charge is 0.360 e. The number of piperidine rings is 1. The number of aromatic hydroxyl groups is 1. The Balaban J connectivity index is 2.04. The Morgan fingerprint density at radius 1 is 1.23 bits per heavy atom. The zero-order valence-corrected chi connectivity index (χ0v) is 19.2. The molecule has 1 aliphatic rings. The lowest BCUT2D eigenvalue weighted by atomic mass is 9.99. The van der Waals surface area contributed by atoms with Crippen LogP contribution in [-0.2, 0) is 11.2 Å². The molecule has 31 heavy (non-hydrogen) atoms. The van der Waals surface area contributed by atoms with Crippen molar-refractivity contribution in [2.75, 3.05) is 42.9 Å². The van der Waals surface area contributed by atoms with Crippen molar-refractivity contribution in [1.82, 2.24) is 4.90 Å². The van der Waals surface area contributed by atoms with Crippen LogP contribution < -0.4 is 15.8 Å². The Labute approximate surface area is 184 Å². The number of likely N-dealkylation sites (tertiary alicyclic amines) is 1. The third-order valence-electron chi connectivity index (χ3n) is 6.24. The molecule has 0 bridgehead atoms. The summed E-state index contributed by atoms with van der Waals surface area (Å²) in [5.41, 5.74) is 2.00. The van der Waals surface area contributed by atoms with Crippen LogP contribution in [0.5, 0.6) is 5.75 Å². The topological polar surface area (TPSA) is 86.0 Å². The fraction of sp³-hybridized carbons (Fsp3) is 0.583. The van der Waals surface area contributed by atoms with Crippen molar-refractivity contribution in [3.8, 4) is 5.75 Å². The minimum Gasteiger partial charge on any atom is -0.504 e. The molecule has 1 aromatic carbocycles. The third kappa shape index (κ3) is 5.03. The van der Waals surface area contributed by atoms with Gasteiger partial charge in [0.25, 0.3) is 0 Å². The normalized spacial score (nSPS) is 14.7. The number of carbonyl (C=O) groups is 1. The molecule has 7 heteroatoms. The minimum atomic E-state index is -0.647. The van der Waals surface area contributed by atoms with Crippen LogP contribution in [0.3, 0.4) is 0 Å². The van der Waals surface area contributed by atoms with Crippen LogP contribution in [0.4, 0.5) is 11.4 Å². The number of amides is 1. The molecule has 0 spiro atoms. The van der Waals surface area contributed by atoms with Gasteiger partial charge in [-0.3, -0.25) is 4.79 Å². The number of rotatable bonds is 8. The van der Waals surface area contributed by atoms with Crippen molar-refractivity contribution in [3.05, 3.63) is 27.6 Å². The van der Waals surface area contributed by atoms with Gasteiger partial charge in [0.05, 0.1) is 0 Å². The Hall–Kier alpha value is -2.54. The minimum absolute atomic E-state index is 0.0270. The maximum absolute atomic E-state index is 12.6. The molecule has 1 saturated heterocycles. The second-order valence-electron chi connectivity index (χ2n) is 8.36. The van der Waals surface area contributed by atoms with E-state index in [1.807, 2.05) is 6.07 Å². The van der Waals surface area contributed by atoms with Crippen molar-refractivity contribution < 1.29 is 14.3 Å². The molecule has 170 valence electrons. The highest BCUT2D eigenvalue weighted by Crippen LogP contribution is 2.40. The number of carbonyl (C=O) groups excluding carboxylic acids is 1. The molecular formula is C24H35N3O4. The number of hydrogen-bond donors (Lipinski definition) is 2. The van der Waals surface area contributed by atoms with E-state index in [2.05, 4.69) is 29.0 Å². The maximum atomic E-state index is 12.6. The Bertz CT molecular complexity index is 989. The molecule has 2 aromatic rings. The van der Waals surface area contributed by atoms with E-state index < -0.39 is 5.63 Å². The van der Waals surface area contributed by atoms with Gasteiger partial charge in [-0.25, -0.2) is 4.79 Å². The van der Waals surface area contributed by atoms with Gasteiger partial charge in [0.1, 0.15) is 5.69 Å². The molecule has 0 aliphatic carbocycles. The van der Waals surface area contributed by atoms with Gasteiger partial charge >= 0.3 is 5.63 Å². The van der Waals surface area contributed by atoms with Gasteiger partial charge in [-0.1, -0.05) is 6.42 Å². The first-order valence-corrected chi connectivity index (χ1v) is 11.4. The molecule has 0 atom stereocenters. The molecule has 0 unspecified atom stereocenters. The highest BCUT2D eigenvalue weighted by atomic mass is 16.4. The van der Waals surface area contributed by atoms with Crippen LogP contribution in [0.2, 0.25) is 0 Å². The summed E-state index contributed by atoms with van der Waals surface area (Å²) in [7, 11) is 0. The number of phenols is 1. The summed E-state index contributed by atoms with van der Waals surface area (Å²) in [6.45, 7) is 12.1. The van der Waals surface area contributed by atoms with E-state index in [-0.39, 0.29) is 22.9 Å². The summed E-state index contributed by atoms with van der Waals surface area (Å²) >= 11 is 0. The first-order chi connectivity index (χ1) is 14.9. The summed E-state index contributed by atoms with van der Waals surface area (Å²) in [6.07, 6.45) is 5.48. The second kappa shape index (κ2) is 10.2. The van der Waals surface area contributed by atoms with E-state index in [9.17, 15) is 14.7 Å². The van der Waals surface area contributed by atoms with E-state index in [1.54, 1.807) is 6.92 Å². The number of nitrogens with one attached hydrogen (secondary N) is 1. The molecule has 1 aliphatic heterocycles. The van der Waals surface area contributed by atoms with Gasteiger partial charge in [0.2, 0.25) is 5.91 Å². The number of phenolic OH excluding ortho intramolecular Hbond substituents is 1. The number of fused-ring (bicyclic) bond motifs is 1. The lowest BCUT2D eigenvalue weighted by molar-refractivity contribution is -0.114. The van der Waals surface area contributed by atoms with Gasteiger partial charge in [0, 0.05) is 31.1 Å². The van der Waals surface area contributed by atoms with E-state index >= 15 is 0 Å². The summed E-state index contributed by atoms with van der Waals surface area (Å²) in [6, 6.07) is 2.02. The van der Waals surface area contributed by atoms with E-state index in [4.69, 9.17) is 4.42 Å². The van der Waals surface area contributed by atoms with Crippen LogP contribution >= 0.6 is 0 Å². The molecule has 3 rings (SSSR count). The van der Waals surface area contributed by atoms with Gasteiger partial charge in [-0.2, -0.15) is 0 Å². The number of anilines is 2. The molecular weight excluding hydrogens is 394 g/mol. The van der Waals surface area contributed by atoms with Crippen molar-refractivity contribution in [3.63, 3.8) is 0 Å². The molecule has 1 amide bonds. The Morgan fingerprint density at radius 3 is 2.52 bits per heavy atom. The highest BCUT2D eigenvalue weighted by molar-refractivity contribution is 6.02.